The molecule has 118 valence electrons. The van der Waals surface area contributed by atoms with Crippen LogP contribution < -0.4 is 5.32 Å². The van der Waals surface area contributed by atoms with Gasteiger partial charge in [0.2, 0.25) is 5.76 Å². The zero-order valence-corrected chi connectivity index (χ0v) is 12.6. The number of rotatable bonds is 9. The molecule has 1 heterocycles. The van der Waals surface area contributed by atoms with Crippen LogP contribution in [0.3, 0.4) is 0 Å². The Morgan fingerprint density at radius 3 is 2.62 bits per heavy atom. The molecule has 1 aromatic rings. The number of carbonyl (C=O) groups is 2. The van der Waals surface area contributed by atoms with E-state index in [0.717, 1.165) is 12.8 Å². The smallest absolute Gasteiger partial charge is 0.326 e. The van der Waals surface area contributed by atoms with E-state index in [0.29, 0.717) is 5.69 Å². The van der Waals surface area contributed by atoms with Crippen LogP contribution in [0.15, 0.2) is 10.6 Å². The molecule has 0 aliphatic rings. The first kappa shape index (κ1) is 17.2. The van der Waals surface area contributed by atoms with E-state index in [1.54, 1.807) is 6.07 Å². The number of methoxy groups -OCH3 is 1. The van der Waals surface area contributed by atoms with Gasteiger partial charge in [-0.2, -0.15) is 0 Å². The van der Waals surface area contributed by atoms with Gasteiger partial charge in [-0.3, -0.25) is 4.79 Å². The van der Waals surface area contributed by atoms with E-state index in [4.69, 9.17) is 14.4 Å². The molecule has 7 nitrogen and oxygen atoms in total. The summed E-state index contributed by atoms with van der Waals surface area (Å²) < 4.78 is 9.83. The van der Waals surface area contributed by atoms with Crippen molar-refractivity contribution in [3.63, 3.8) is 0 Å². The minimum absolute atomic E-state index is 0.0283. The van der Waals surface area contributed by atoms with Crippen molar-refractivity contribution in [3.05, 3.63) is 17.5 Å². The second kappa shape index (κ2) is 8.41. The van der Waals surface area contributed by atoms with Gasteiger partial charge in [0.25, 0.3) is 5.91 Å². The fraction of sp³-hybridized carbons (Fsp3) is 0.643. The Hall–Kier alpha value is -1.89. The fourth-order valence-electron chi connectivity index (χ4n) is 2.02. The topological polar surface area (TPSA) is 102 Å². The highest BCUT2D eigenvalue weighted by molar-refractivity contribution is 5.94. The van der Waals surface area contributed by atoms with Gasteiger partial charge in [-0.05, 0) is 12.8 Å². The van der Waals surface area contributed by atoms with E-state index in [1.807, 2.05) is 13.8 Å². The number of amides is 1. The first-order valence-corrected chi connectivity index (χ1v) is 7.02. The van der Waals surface area contributed by atoms with Crippen molar-refractivity contribution in [2.45, 2.75) is 45.1 Å². The van der Waals surface area contributed by atoms with Crippen molar-refractivity contribution in [2.75, 3.05) is 13.7 Å². The molecule has 0 saturated heterocycles. The highest BCUT2D eigenvalue weighted by Crippen LogP contribution is 2.22. The molecule has 0 radical (unpaired) electrons. The predicted octanol–water partition coefficient (Wildman–Crippen LogP) is 1.80. The molecule has 0 bridgehead atoms. The number of nitrogens with zero attached hydrogens (tertiary/aromatic N) is 1. The van der Waals surface area contributed by atoms with Crippen LogP contribution in [0.5, 0.6) is 0 Å². The lowest BCUT2D eigenvalue weighted by Gasteiger charge is -2.12. The molecule has 1 rings (SSSR count). The monoisotopic (exact) mass is 298 g/mol. The molecular weight excluding hydrogens is 276 g/mol. The molecule has 21 heavy (non-hydrogen) atoms. The molecule has 7 heteroatoms. The van der Waals surface area contributed by atoms with E-state index in [-0.39, 0.29) is 24.7 Å². The molecule has 0 spiro atoms. The first-order valence-electron chi connectivity index (χ1n) is 7.02. The van der Waals surface area contributed by atoms with Crippen molar-refractivity contribution in [2.24, 2.45) is 0 Å². The van der Waals surface area contributed by atoms with Gasteiger partial charge in [0.1, 0.15) is 6.04 Å². The second-order valence-electron chi connectivity index (χ2n) is 4.78. The SMILES string of the molecule is CCC(CC)c1cc(C(=O)NC(CCOC)C(=O)O)on1. The van der Waals surface area contributed by atoms with Crippen molar-refractivity contribution >= 4 is 11.9 Å². The normalized spacial score (nSPS) is 12.4. The molecule has 1 unspecified atom stereocenters. The third kappa shape index (κ3) is 4.86. The number of hydrogen-bond acceptors (Lipinski definition) is 5. The third-order valence-corrected chi connectivity index (χ3v) is 3.37. The Balaban J connectivity index is 2.72. The Kier molecular flexibility index (Phi) is 6.87. The van der Waals surface area contributed by atoms with Gasteiger partial charge >= 0.3 is 5.97 Å². The van der Waals surface area contributed by atoms with E-state index in [9.17, 15) is 9.59 Å². The average Bonchev–Trinajstić information content (AvgIpc) is 2.94. The van der Waals surface area contributed by atoms with Crippen molar-refractivity contribution < 1.29 is 24.0 Å². The molecular formula is C14H22N2O5. The van der Waals surface area contributed by atoms with Crippen LogP contribution in [0.1, 0.15) is 55.3 Å². The Morgan fingerprint density at radius 2 is 2.10 bits per heavy atom. The van der Waals surface area contributed by atoms with E-state index < -0.39 is 17.9 Å². The second-order valence-corrected chi connectivity index (χ2v) is 4.78. The van der Waals surface area contributed by atoms with E-state index in [1.165, 1.54) is 7.11 Å². The summed E-state index contributed by atoms with van der Waals surface area (Å²) in [5, 5.41) is 15.3. The molecule has 1 atom stereocenters. The molecule has 0 fully saturated rings. The summed E-state index contributed by atoms with van der Waals surface area (Å²) in [7, 11) is 1.47. The van der Waals surface area contributed by atoms with Gasteiger partial charge in [-0.15, -0.1) is 0 Å². The zero-order chi connectivity index (χ0) is 15.8. The van der Waals surface area contributed by atoms with Crippen LogP contribution in [-0.2, 0) is 9.53 Å². The van der Waals surface area contributed by atoms with E-state index in [2.05, 4.69) is 10.5 Å². The highest BCUT2D eigenvalue weighted by Gasteiger charge is 2.23. The summed E-state index contributed by atoms with van der Waals surface area (Å²) in [6, 6.07) is 0.557. The van der Waals surface area contributed by atoms with Gasteiger partial charge in [-0.25, -0.2) is 4.79 Å². The largest absolute Gasteiger partial charge is 0.480 e. The Labute approximate surface area is 123 Å². The number of nitrogens with one attached hydrogen (secondary N) is 1. The molecule has 0 saturated carbocycles. The number of hydrogen-bond donors (Lipinski definition) is 2. The maximum absolute atomic E-state index is 12.0. The number of ether oxygens (including phenoxy) is 1. The van der Waals surface area contributed by atoms with Crippen molar-refractivity contribution in [1.82, 2.24) is 10.5 Å². The van der Waals surface area contributed by atoms with Gasteiger partial charge in [-0.1, -0.05) is 19.0 Å². The van der Waals surface area contributed by atoms with Crippen molar-refractivity contribution in [1.29, 1.82) is 0 Å². The molecule has 2 N–H and O–H groups in total. The molecule has 0 aromatic carbocycles. The van der Waals surface area contributed by atoms with Gasteiger partial charge in [0.05, 0.1) is 5.69 Å². The van der Waals surface area contributed by atoms with Gasteiger partial charge in [0, 0.05) is 32.1 Å². The summed E-state index contributed by atoms with van der Waals surface area (Å²) in [6.07, 6.45) is 1.98. The lowest BCUT2D eigenvalue weighted by atomic mass is 9.99. The standard InChI is InChI=1S/C14H22N2O5/c1-4-9(5-2)11-8-12(21-16-11)13(17)15-10(14(18)19)6-7-20-3/h8-10H,4-7H2,1-3H3,(H,15,17)(H,18,19). The van der Waals surface area contributed by atoms with Crippen LogP contribution in [0.25, 0.3) is 0 Å². The first-order chi connectivity index (χ1) is 10.0. The minimum Gasteiger partial charge on any atom is -0.480 e. The van der Waals surface area contributed by atoms with Gasteiger partial charge < -0.3 is 19.7 Å². The van der Waals surface area contributed by atoms with Crippen molar-refractivity contribution in [3.8, 4) is 0 Å². The number of carboxylic acids is 1. The van der Waals surface area contributed by atoms with Crippen LogP contribution >= 0.6 is 0 Å². The van der Waals surface area contributed by atoms with Crippen LogP contribution in [-0.4, -0.2) is 41.9 Å². The molecule has 1 aromatic heterocycles. The van der Waals surface area contributed by atoms with Crippen LogP contribution in [0.4, 0.5) is 0 Å². The highest BCUT2D eigenvalue weighted by atomic mass is 16.5. The summed E-state index contributed by atoms with van der Waals surface area (Å²) in [5.41, 5.74) is 0.717. The number of aliphatic carboxylic acids is 1. The number of carbonyl (C=O) groups excluding carboxylic acids is 1. The minimum atomic E-state index is -1.11. The fourth-order valence-corrected chi connectivity index (χ4v) is 2.02. The summed E-state index contributed by atoms with van der Waals surface area (Å²) in [6.45, 7) is 4.31. The average molecular weight is 298 g/mol. The predicted molar refractivity (Wildman–Crippen MR) is 75.2 cm³/mol. The number of carboxylic acid groups (broad SMARTS) is 1. The maximum Gasteiger partial charge on any atom is 0.326 e. The lowest BCUT2D eigenvalue weighted by Crippen LogP contribution is -2.41. The van der Waals surface area contributed by atoms with Crippen LogP contribution in [0.2, 0.25) is 0 Å². The van der Waals surface area contributed by atoms with Gasteiger partial charge in [0.15, 0.2) is 0 Å². The molecule has 0 aliphatic carbocycles. The quantitative estimate of drug-likeness (QED) is 0.720. The Bertz CT molecular complexity index is 468. The maximum atomic E-state index is 12.0. The zero-order valence-electron chi connectivity index (χ0n) is 12.6. The van der Waals surface area contributed by atoms with E-state index >= 15 is 0 Å². The Morgan fingerprint density at radius 1 is 1.43 bits per heavy atom. The van der Waals surface area contributed by atoms with Crippen LogP contribution in [0, 0.1) is 0 Å². The molecule has 0 aliphatic heterocycles. The summed E-state index contributed by atoms with van der Waals surface area (Å²) in [5.74, 6) is -1.43. The summed E-state index contributed by atoms with van der Waals surface area (Å²) >= 11 is 0. The lowest BCUT2D eigenvalue weighted by molar-refractivity contribution is -0.139. The molecule has 1 amide bonds. The summed E-state index contributed by atoms with van der Waals surface area (Å²) in [4.78, 5) is 23.0. The number of aromatic nitrogens is 1. The third-order valence-electron chi connectivity index (χ3n) is 3.37.